The standard InChI is InChI=1S/C26H28N2O6S2/c1-34-15-8-5-4-7-12(15)17-18-13-11-14(21(18)35-23-22(17)36-26(33)27-23)20-19(13)24(31)28(25(20)32)10-6-2-3-9-16(29)30/h4-5,7-8,13-14,17-21H,2-3,6,9-11H2,1H3,(H,27,33)(H,29,30)/t13-,14+,17+,18+,19+,20+,21-/m1/s1. The number of likely N-dealkylation sites (tertiary alicyclic amines) is 1. The van der Waals surface area contributed by atoms with Crippen LogP contribution in [-0.2, 0) is 14.4 Å². The van der Waals surface area contributed by atoms with Crippen molar-refractivity contribution in [3.05, 3.63) is 44.4 Å². The highest BCUT2D eigenvalue weighted by Gasteiger charge is 2.69. The van der Waals surface area contributed by atoms with Crippen LogP contribution in [0.5, 0.6) is 5.75 Å². The molecule has 36 heavy (non-hydrogen) atoms. The second kappa shape index (κ2) is 9.06. The minimum absolute atomic E-state index is 0.0599. The molecule has 4 aliphatic rings. The first kappa shape index (κ1) is 23.8. The third-order valence-corrected chi connectivity index (χ3v) is 11.1. The molecule has 0 radical (unpaired) electrons. The second-order valence-electron chi connectivity index (χ2n) is 10.2. The van der Waals surface area contributed by atoms with Crippen molar-refractivity contribution in [3.63, 3.8) is 0 Å². The Morgan fingerprint density at radius 3 is 2.61 bits per heavy atom. The molecular weight excluding hydrogens is 500 g/mol. The quantitative estimate of drug-likeness (QED) is 0.397. The Morgan fingerprint density at radius 2 is 1.86 bits per heavy atom. The maximum absolute atomic E-state index is 13.6. The molecule has 3 fully saturated rings. The van der Waals surface area contributed by atoms with Crippen LogP contribution >= 0.6 is 23.1 Å². The van der Waals surface area contributed by atoms with Crippen LogP contribution in [0.3, 0.4) is 0 Å². The van der Waals surface area contributed by atoms with Crippen LogP contribution in [-0.4, -0.2) is 51.7 Å². The molecule has 0 unspecified atom stereocenters. The van der Waals surface area contributed by atoms with Crippen LogP contribution in [0, 0.1) is 29.6 Å². The number of aromatic amines is 1. The van der Waals surface area contributed by atoms with Crippen molar-refractivity contribution in [1.82, 2.24) is 9.88 Å². The molecule has 10 heteroatoms. The lowest BCUT2D eigenvalue weighted by molar-refractivity contribution is -0.141. The fourth-order valence-corrected chi connectivity index (χ4v) is 10.2. The summed E-state index contributed by atoms with van der Waals surface area (Å²) in [7, 11) is 1.65. The minimum Gasteiger partial charge on any atom is -0.496 e. The number of carbonyl (C=O) groups is 3. The van der Waals surface area contributed by atoms with Crippen LogP contribution in [0.25, 0.3) is 0 Å². The molecule has 2 aromatic rings. The monoisotopic (exact) mass is 528 g/mol. The first-order valence-corrected chi connectivity index (χ1v) is 14.2. The first-order chi connectivity index (χ1) is 17.4. The highest BCUT2D eigenvalue weighted by molar-refractivity contribution is 8.00. The van der Waals surface area contributed by atoms with Crippen molar-refractivity contribution in [1.29, 1.82) is 0 Å². The number of carboxylic acids is 1. The number of fused-ring (bicyclic) bond motifs is 9. The summed E-state index contributed by atoms with van der Waals surface area (Å²) in [5.74, 6) is -0.523. The number of amides is 2. The number of aliphatic carboxylic acids is 1. The fourth-order valence-electron chi connectivity index (χ4n) is 7.29. The topological polar surface area (TPSA) is 117 Å². The number of aromatic nitrogens is 1. The lowest BCUT2D eigenvalue weighted by atomic mass is 9.68. The normalized spacial score (nSPS) is 31.9. The zero-order valence-corrected chi connectivity index (χ0v) is 21.5. The Labute approximate surface area is 216 Å². The van der Waals surface area contributed by atoms with E-state index in [2.05, 4.69) is 11.1 Å². The van der Waals surface area contributed by atoms with E-state index in [4.69, 9.17) is 9.84 Å². The lowest BCUT2D eigenvalue weighted by Crippen LogP contribution is -2.42. The molecule has 8 nitrogen and oxygen atoms in total. The van der Waals surface area contributed by atoms with Crippen molar-refractivity contribution in [3.8, 4) is 5.75 Å². The van der Waals surface area contributed by atoms with Crippen LogP contribution in [0.2, 0.25) is 0 Å². The maximum Gasteiger partial charge on any atom is 0.305 e. The molecule has 2 aliphatic carbocycles. The molecule has 2 bridgehead atoms. The van der Waals surface area contributed by atoms with Gasteiger partial charge in [0.05, 0.1) is 24.0 Å². The molecule has 7 atom stereocenters. The molecule has 1 aromatic heterocycles. The van der Waals surface area contributed by atoms with Gasteiger partial charge in [-0.25, -0.2) is 0 Å². The van der Waals surface area contributed by atoms with Gasteiger partial charge < -0.3 is 14.8 Å². The second-order valence-corrected chi connectivity index (χ2v) is 12.4. The van der Waals surface area contributed by atoms with Crippen molar-refractivity contribution in [2.45, 2.75) is 48.3 Å². The number of imide groups is 1. The molecule has 6 rings (SSSR count). The first-order valence-electron chi connectivity index (χ1n) is 12.5. The number of nitrogens with zero attached hydrogens (tertiary/aromatic N) is 1. The van der Waals surface area contributed by atoms with E-state index in [1.165, 1.54) is 16.2 Å². The number of nitrogens with one attached hydrogen (secondary N) is 1. The van der Waals surface area contributed by atoms with Crippen LogP contribution < -0.4 is 9.61 Å². The molecular formula is C26H28N2O6S2. The Hall–Kier alpha value is -2.59. The van der Waals surface area contributed by atoms with Gasteiger partial charge in [0, 0.05) is 34.6 Å². The predicted octanol–water partition coefficient (Wildman–Crippen LogP) is 3.56. The van der Waals surface area contributed by atoms with Gasteiger partial charge in [-0.3, -0.25) is 24.1 Å². The Morgan fingerprint density at radius 1 is 1.11 bits per heavy atom. The molecule has 3 heterocycles. The highest BCUT2D eigenvalue weighted by Crippen LogP contribution is 2.68. The molecule has 1 aromatic carbocycles. The number of unbranched alkanes of at least 4 members (excludes halogenated alkanes) is 2. The Bertz CT molecular complexity index is 1290. The number of carbonyl (C=O) groups excluding carboxylic acids is 2. The van der Waals surface area contributed by atoms with E-state index in [1.54, 1.807) is 18.9 Å². The van der Waals surface area contributed by atoms with Crippen molar-refractivity contribution in [2.24, 2.45) is 29.6 Å². The smallest absolute Gasteiger partial charge is 0.305 e. The molecule has 0 spiro atoms. The Kier molecular flexibility index (Phi) is 5.99. The minimum atomic E-state index is -0.825. The van der Waals surface area contributed by atoms with Gasteiger partial charge >= 0.3 is 10.8 Å². The van der Waals surface area contributed by atoms with Gasteiger partial charge in [0.25, 0.3) is 0 Å². The van der Waals surface area contributed by atoms with Gasteiger partial charge in [-0.05, 0) is 43.1 Å². The lowest BCUT2D eigenvalue weighted by Gasteiger charge is -2.43. The van der Waals surface area contributed by atoms with E-state index in [1.807, 2.05) is 18.2 Å². The van der Waals surface area contributed by atoms with Crippen molar-refractivity contribution < 1.29 is 24.2 Å². The van der Waals surface area contributed by atoms with Crippen LogP contribution in [0.15, 0.2) is 34.1 Å². The summed E-state index contributed by atoms with van der Waals surface area (Å²) in [5, 5.41) is 9.87. The SMILES string of the molecule is COc1ccccc1[C@@H]1c2sc(=O)[nH]c2S[C@@H]2[C@H]3C[C@@H]([C@@H]4C(=O)N(CCCCCC(=O)O)C(=O)[C@@H]34)[C@@H]12. The summed E-state index contributed by atoms with van der Waals surface area (Å²) in [6.45, 7) is 0.364. The summed E-state index contributed by atoms with van der Waals surface area (Å²) in [6.07, 6.45) is 2.81. The van der Waals surface area contributed by atoms with Gasteiger partial charge in [0.1, 0.15) is 5.75 Å². The summed E-state index contributed by atoms with van der Waals surface area (Å²) in [4.78, 5) is 55.6. The number of thioether (sulfide) groups is 1. The van der Waals surface area contributed by atoms with E-state index in [-0.39, 0.29) is 63.9 Å². The van der Waals surface area contributed by atoms with E-state index in [9.17, 15) is 19.2 Å². The molecule has 190 valence electrons. The largest absolute Gasteiger partial charge is 0.496 e. The number of carboxylic acid groups (broad SMARTS) is 1. The summed E-state index contributed by atoms with van der Waals surface area (Å²) >= 11 is 2.92. The number of hydrogen-bond donors (Lipinski definition) is 2. The summed E-state index contributed by atoms with van der Waals surface area (Å²) in [6, 6.07) is 7.91. The number of thiazole rings is 1. The number of benzene rings is 1. The van der Waals surface area contributed by atoms with Gasteiger partial charge in [0.15, 0.2) is 0 Å². The number of hydrogen-bond acceptors (Lipinski definition) is 7. The third kappa shape index (κ3) is 3.55. The van der Waals surface area contributed by atoms with Gasteiger partial charge in [-0.15, -0.1) is 11.8 Å². The molecule has 2 amide bonds. The van der Waals surface area contributed by atoms with E-state index in [0.717, 1.165) is 27.6 Å². The predicted molar refractivity (Wildman–Crippen MR) is 134 cm³/mol. The average molecular weight is 529 g/mol. The highest BCUT2D eigenvalue weighted by atomic mass is 32.2. The van der Waals surface area contributed by atoms with Gasteiger partial charge in [0.2, 0.25) is 11.8 Å². The van der Waals surface area contributed by atoms with Gasteiger partial charge in [-0.2, -0.15) is 0 Å². The van der Waals surface area contributed by atoms with Gasteiger partial charge in [-0.1, -0.05) is 36.0 Å². The van der Waals surface area contributed by atoms with Crippen LogP contribution in [0.4, 0.5) is 0 Å². The Balaban J connectivity index is 1.31. The molecule has 2 aliphatic heterocycles. The average Bonchev–Trinajstić information content (AvgIpc) is 3.58. The number of ether oxygens (including phenoxy) is 1. The molecule has 2 saturated carbocycles. The molecule has 2 N–H and O–H groups in total. The summed E-state index contributed by atoms with van der Waals surface area (Å²) < 4.78 is 5.71. The van der Waals surface area contributed by atoms with E-state index >= 15 is 0 Å². The number of rotatable bonds is 8. The van der Waals surface area contributed by atoms with Crippen molar-refractivity contribution in [2.75, 3.05) is 13.7 Å². The third-order valence-electron chi connectivity index (χ3n) is 8.56. The van der Waals surface area contributed by atoms with Crippen molar-refractivity contribution >= 4 is 40.9 Å². The molecule has 1 saturated heterocycles. The zero-order valence-electron chi connectivity index (χ0n) is 19.8. The fraction of sp³-hybridized carbons (Fsp3) is 0.538. The summed E-state index contributed by atoms with van der Waals surface area (Å²) in [5.41, 5.74) is 1.03. The van der Waals surface area contributed by atoms with E-state index < -0.39 is 5.97 Å². The van der Waals surface area contributed by atoms with E-state index in [0.29, 0.717) is 25.8 Å². The van der Waals surface area contributed by atoms with Crippen LogP contribution in [0.1, 0.15) is 48.5 Å². The number of methoxy groups -OCH3 is 1. The maximum atomic E-state index is 13.6. The number of para-hydroxylation sites is 1. The number of H-pyrrole nitrogens is 1. The zero-order chi connectivity index (χ0) is 25.1.